The molecule has 1 aromatic carbocycles. The van der Waals surface area contributed by atoms with Gasteiger partial charge >= 0.3 is 0 Å². The van der Waals surface area contributed by atoms with E-state index in [-0.39, 0.29) is 6.61 Å². The van der Waals surface area contributed by atoms with Gasteiger partial charge < -0.3 is 20.0 Å². The van der Waals surface area contributed by atoms with E-state index in [0.717, 1.165) is 11.5 Å². The maximum atomic E-state index is 9.79. The molecule has 0 aliphatic rings. The summed E-state index contributed by atoms with van der Waals surface area (Å²) in [6, 6.07) is 10.9. The number of thioether (sulfide) groups is 1. The lowest BCUT2D eigenvalue weighted by Gasteiger charge is -2.11. The fraction of sp³-hybridized carbons (Fsp3) is 0.286. The Bertz CT molecular complexity index is 470. The van der Waals surface area contributed by atoms with Crippen molar-refractivity contribution in [3.63, 3.8) is 0 Å². The van der Waals surface area contributed by atoms with E-state index in [0.29, 0.717) is 17.2 Å². The van der Waals surface area contributed by atoms with Crippen LogP contribution in [0.5, 0.6) is 5.75 Å². The summed E-state index contributed by atoms with van der Waals surface area (Å²) in [6.45, 7) is 0.273. The van der Waals surface area contributed by atoms with Gasteiger partial charge in [0.2, 0.25) is 0 Å². The highest BCUT2D eigenvalue weighted by Gasteiger charge is 2.06. The Labute approximate surface area is 116 Å². The quantitative estimate of drug-likeness (QED) is 0.762. The van der Waals surface area contributed by atoms with Gasteiger partial charge in [-0.05, 0) is 36.4 Å². The molecule has 2 rings (SSSR count). The van der Waals surface area contributed by atoms with Crippen LogP contribution in [0.15, 0.2) is 47.1 Å². The van der Waals surface area contributed by atoms with E-state index in [9.17, 15) is 5.11 Å². The van der Waals surface area contributed by atoms with Crippen molar-refractivity contribution in [2.24, 2.45) is 0 Å². The van der Waals surface area contributed by atoms with E-state index in [2.05, 4.69) is 0 Å². The first-order chi connectivity index (χ1) is 9.24. The van der Waals surface area contributed by atoms with Crippen molar-refractivity contribution in [2.75, 3.05) is 18.1 Å². The summed E-state index contributed by atoms with van der Waals surface area (Å²) in [6.07, 6.45) is 1.15. The first kappa shape index (κ1) is 13.8. The highest BCUT2D eigenvalue weighted by molar-refractivity contribution is 7.98. The Kier molecular flexibility index (Phi) is 5.18. The monoisotopic (exact) mass is 279 g/mol. The topological polar surface area (TPSA) is 68.6 Å². The van der Waals surface area contributed by atoms with Crippen molar-refractivity contribution in [3.05, 3.63) is 48.4 Å². The number of benzene rings is 1. The largest absolute Gasteiger partial charge is 0.491 e. The van der Waals surface area contributed by atoms with Gasteiger partial charge in [0.1, 0.15) is 18.1 Å². The minimum atomic E-state index is -0.502. The summed E-state index contributed by atoms with van der Waals surface area (Å²) in [5.41, 5.74) is 6.27. The van der Waals surface area contributed by atoms with E-state index in [1.54, 1.807) is 42.3 Å². The second kappa shape index (κ2) is 7.11. The molecule has 0 fully saturated rings. The molecule has 0 aliphatic carbocycles. The molecule has 1 unspecified atom stereocenters. The van der Waals surface area contributed by atoms with Gasteiger partial charge in [-0.25, -0.2) is 0 Å². The first-order valence-corrected chi connectivity index (χ1v) is 7.16. The van der Waals surface area contributed by atoms with Gasteiger partial charge in [-0.15, -0.1) is 0 Å². The average Bonchev–Trinajstić information content (AvgIpc) is 2.91. The molecule has 0 saturated carbocycles. The minimum Gasteiger partial charge on any atom is -0.491 e. The van der Waals surface area contributed by atoms with Gasteiger partial charge in [-0.1, -0.05) is 0 Å². The molecule has 4 nitrogen and oxygen atoms in total. The summed E-state index contributed by atoms with van der Waals surface area (Å²) >= 11 is 1.61. The van der Waals surface area contributed by atoms with Crippen LogP contribution in [-0.4, -0.2) is 23.6 Å². The van der Waals surface area contributed by atoms with Gasteiger partial charge in [-0.3, -0.25) is 0 Å². The van der Waals surface area contributed by atoms with Crippen molar-refractivity contribution < 1.29 is 14.3 Å². The molecule has 0 aliphatic heterocycles. The number of aliphatic hydroxyl groups is 1. The van der Waals surface area contributed by atoms with Gasteiger partial charge in [0.25, 0.3) is 0 Å². The number of hydrogen-bond acceptors (Lipinski definition) is 5. The van der Waals surface area contributed by atoms with Crippen LogP contribution in [0.3, 0.4) is 0 Å². The Morgan fingerprint density at radius 1 is 1.26 bits per heavy atom. The summed E-state index contributed by atoms with van der Waals surface area (Å²) in [5.74, 6) is 2.99. The fourth-order valence-electron chi connectivity index (χ4n) is 1.49. The molecule has 1 atom stereocenters. The smallest absolute Gasteiger partial charge is 0.119 e. The Morgan fingerprint density at radius 2 is 2.05 bits per heavy atom. The zero-order valence-corrected chi connectivity index (χ0v) is 11.3. The Balaban J connectivity index is 1.64. The number of aliphatic hydroxyl groups excluding tert-OH is 1. The standard InChI is InChI=1S/C14H17NO3S/c15-11-3-5-13(6-4-11)18-8-12(16)9-19-10-14-2-1-7-17-14/h1-7,12,16H,8-10,15H2. The number of anilines is 1. The lowest BCUT2D eigenvalue weighted by molar-refractivity contribution is 0.126. The van der Waals surface area contributed by atoms with Gasteiger partial charge in [-0.2, -0.15) is 11.8 Å². The molecule has 5 heteroatoms. The van der Waals surface area contributed by atoms with Gasteiger partial charge in [0.05, 0.1) is 18.1 Å². The Morgan fingerprint density at radius 3 is 2.74 bits per heavy atom. The lowest BCUT2D eigenvalue weighted by atomic mass is 10.3. The number of rotatable bonds is 7. The van der Waals surface area contributed by atoms with Gasteiger partial charge in [0, 0.05) is 11.4 Å². The molecular formula is C14H17NO3S. The van der Waals surface area contributed by atoms with Crippen LogP contribution in [0, 0.1) is 0 Å². The van der Waals surface area contributed by atoms with E-state index < -0.39 is 6.10 Å². The maximum absolute atomic E-state index is 9.79. The predicted molar refractivity (Wildman–Crippen MR) is 77.2 cm³/mol. The number of nitrogen functional groups attached to an aromatic ring is 1. The van der Waals surface area contributed by atoms with Gasteiger partial charge in [0.15, 0.2) is 0 Å². The first-order valence-electron chi connectivity index (χ1n) is 6.00. The molecule has 0 spiro atoms. The summed E-state index contributed by atoms with van der Waals surface area (Å²) in [4.78, 5) is 0. The molecule has 3 N–H and O–H groups in total. The zero-order chi connectivity index (χ0) is 13.5. The third-order valence-electron chi connectivity index (χ3n) is 2.46. The van der Waals surface area contributed by atoms with Crippen molar-refractivity contribution in [1.29, 1.82) is 0 Å². The number of hydrogen-bond donors (Lipinski definition) is 2. The van der Waals surface area contributed by atoms with E-state index >= 15 is 0 Å². The van der Waals surface area contributed by atoms with E-state index in [1.165, 1.54) is 0 Å². The van der Waals surface area contributed by atoms with Crippen LogP contribution < -0.4 is 10.5 Å². The number of ether oxygens (including phenoxy) is 1. The van der Waals surface area contributed by atoms with Crippen molar-refractivity contribution in [2.45, 2.75) is 11.9 Å². The van der Waals surface area contributed by atoms with Crippen LogP contribution in [0.25, 0.3) is 0 Å². The molecular weight excluding hydrogens is 262 g/mol. The molecule has 0 bridgehead atoms. The highest BCUT2D eigenvalue weighted by Crippen LogP contribution is 2.16. The van der Waals surface area contributed by atoms with Crippen molar-refractivity contribution in [3.8, 4) is 5.75 Å². The Hall–Kier alpha value is -1.59. The SMILES string of the molecule is Nc1ccc(OCC(O)CSCc2ccco2)cc1. The second-order valence-corrected chi connectivity index (χ2v) is 5.16. The third-order valence-corrected chi connectivity index (χ3v) is 3.57. The molecule has 0 radical (unpaired) electrons. The molecule has 0 saturated heterocycles. The maximum Gasteiger partial charge on any atom is 0.119 e. The van der Waals surface area contributed by atoms with Crippen LogP contribution in [-0.2, 0) is 5.75 Å². The zero-order valence-electron chi connectivity index (χ0n) is 10.5. The summed E-state index contributed by atoms with van der Waals surface area (Å²) < 4.78 is 10.7. The van der Waals surface area contributed by atoms with Crippen molar-refractivity contribution >= 4 is 17.4 Å². The highest BCUT2D eigenvalue weighted by atomic mass is 32.2. The van der Waals surface area contributed by atoms with E-state index in [4.69, 9.17) is 14.9 Å². The van der Waals surface area contributed by atoms with Crippen LogP contribution in [0.1, 0.15) is 5.76 Å². The summed E-state index contributed by atoms with van der Waals surface area (Å²) in [5, 5.41) is 9.79. The van der Waals surface area contributed by atoms with Crippen LogP contribution in [0.2, 0.25) is 0 Å². The fourth-order valence-corrected chi connectivity index (χ4v) is 2.35. The molecule has 2 aromatic rings. The van der Waals surface area contributed by atoms with Crippen LogP contribution >= 0.6 is 11.8 Å². The second-order valence-electron chi connectivity index (χ2n) is 4.13. The van der Waals surface area contributed by atoms with Crippen molar-refractivity contribution in [1.82, 2.24) is 0 Å². The molecule has 0 amide bonds. The molecule has 102 valence electrons. The van der Waals surface area contributed by atoms with E-state index in [1.807, 2.05) is 12.1 Å². The summed E-state index contributed by atoms with van der Waals surface area (Å²) in [7, 11) is 0. The number of furan rings is 1. The molecule has 1 aromatic heterocycles. The number of nitrogens with two attached hydrogens (primary N) is 1. The third kappa shape index (κ3) is 4.89. The molecule has 1 heterocycles. The normalized spacial score (nSPS) is 12.3. The lowest BCUT2D eigenvalue weighted by Crippen LogP contribution is -2.20. The predicted octanol–water partition coefficient (Wildman–Crippen LogP) is 2.53. The minimum absolute atomic E-state index is 0.273. The molecule has 19 heavy (non-hydrogen) atoms. The van der Waals surface area contributed by atoms with Crippen LogP contribution in [0.4, 0.5) is 5.69 Å². The average molecular weight is 279 g/mol.